The van der Waals surface area contributed by atoms with Gasteiger partial charge in [0, 0.05) is 25.0 Å². The second kappa shape index (κ2) is 12.2. The highest BCUT2D eigenvalue weighted by Gasteiger charge is 2.21. The Morgan fingerprint density at radius 1 is 1.09 bits per heavy atom. The molecule has 0 fully saturated rings. The summed E-state index contributed by atoms with van der Waals surface area (Å²) in [6, 6.07) is 12.8. The molecule has 0 radical (unpaired) electrons. The summed E-state index contributed by atoms with van der Waals surface area (Å²) in [7, 11) is 0. The van der Waals surface area contributed by atoms with Crippen LogP contribution in [-0.4, -0.2) is 65.3 Å². The fourth-order valence-electron chi connectivity index (χ4n) is 3.20. The molecule has 186 valence electrons. The predicted molar refractivity (Wildman–Crippen MR) is 134 cm³/mol. The quantitative estimate of drug-likeness (QED) is 0.206. The Morgan fingerprint density at radius 3 is 2.63 bits per heavy atom. The molecule has 12 heteroatoms. The molecule has 8 N–H and O–H groups in total. The first-order chi connectivity index (χ1) is 16.8. The number of nitrogens with two attached hydrogens (primary N) is 2. The van der Waals surface area contributed by atoms with Crippen LogP contribution >= 0.6 is 11.6 Å². The van der Waals surface area contributed by atoms with Crippen LogP contribution in [0.5, 0.6) is 5.75 Å². The molecule has 2 unspecified atom stereocenters. The van der Waals surface area contributed by atoms with E-state index in [4.69, 9.17) is 27.8 Å². The lowest BCUT2D eigenvalue weighted by atomic mass is 10.1. The Labute approximate surface area is 207 Å². The van der Waals surface area contributed by atoms with E-state index >= 15 is 0 Å². The number of hydrogen-bond donors (Lipinski definition) is 6. The van der Waals surface area contributed by atoms with Crippen molar-refractivity contribution < 1.29 is 19.4 Å². The van der Waals surface area contributed by atoms with Gasteiger partial charge in [0.1, 0.15) is 24.5 Å². The minimum atomic E-state index is -0.861. The first-order valence-corrected chi connectivity index (χ1v) is 11.3. The molecule has 0 saturated heterocycles. The van der Waals surface area contributed by atoms with Crippen LogP contribution in [0, 0.1) is 0 Å². The first kappa shape index (κ1) is 25.9. The second-order valence-electron chi connectivity index (χ2n) is 7.77. The largest absolute Gasteiger partial charge is 0.490 e. The number of carbonyl (C=O) groups excluding carboxylic acids is 2. The molecule has 2 aromatic carbocycles. The van der Waals surface area contributed by atoms with Crippen LogP contribution in [0.4, 0.5) is 11.6 Å². The third-order valence-electron chi connectivity index (χ3n) is 5.02. The minimum Gasteiger partial charge on any atom is -0.490 e. The van der Waals surface area contributed by atoms with Crippen LogP contribution in [0.2, 0.25) is 5.15 Å². The molecule has 0 aliphatic rings. The summed E-state index contributed by atoms with van der Waals surface area (Å²) in [5.74, 6) is -0.687. The lowest BCUT2D eigenvalue weighted by molar-refractivity contribution is -0.122. The Hall–Kier alpha value is -3.67. The topological polar surface area (TPSA) is 178 Å². The van der Waals surface area contributed by atoms with E-state index in [9.17, 15) is 14.7 Å². The fraction of sp³-hybridized carbons (Fsp3) is 0.304. The maximum Gasteiger partial charge on any atom is 0.274 e. The van der Waals surface area contributed by atoms with E-state index < -0.39 is 24.0 Å². The summed E-state index contributed by atoms with van der Waals surface area (Å²) in [5, 5.41) is 20.3. The molecule has 3 aromatic rings. The van der Waals surface area contributed by atoms with Gasteiger partial charge in [0.2, 0.25) is 5.91 Å². The zero-order chi connectivity index (χ0) is 25.4. The average Bonchev–Trinajstić information content (AvgIpc) is 2.84. The van der Waals surface area contributed by atoms with Gasteiger partial charge in [-0.2, -0.15) is 0 Å². The Balaban J connectivity index is 1.34. The molecule has 2 amide bonds. The van der Waals surface area contributed by atoms with Gasteiger partial charge in [-0.25, -0.2) is 9.97 Å². The number of halogens is 1. The molecule has 1 heterocycles. The van der Waals surface area contributed by atoms with Gasteiger partial charge in [0.05, 0.1) is 0 Å². The molecule has 0 bridgehead atoms. The number of hydrogen-bond acceptors (Lipinski definition) is 9. The number of amides is 2. The van der Waals surface area contributed by atoms with Gasteiger partial charge in [-0.05, 0) is 18.4 Å². The van der Waals surface area contributed by atoms with Crippen LogP contribution in [0.25, 0.3) is 10.8 Å². The van der Waals surface area contributed by atoms with Gasteiger partial charge < -0.3 is 37.3 Å². The molecule has 11 nitrogen and oxygen atoms in total. The van der Waals surface area contributed by atoms with Crippen molar-refractivity contribution in [3.63, 3.8) is 0 Å². The van der Waals surface area contributed by atoms with Crippen molar-refractivity contribution in [3.05, 3.63) is 53.3 Å². The second-order valence-corrected chi connectivity index (χ2v) is 8.12. The van der Waals surface area contributed by atoms with Crippen LogP contribution in [0.15, 0.2) is 42.5 Å². The summed E-state index contributed by atoms with van der Waals surface area (Å²) in [6.45, 7) is 2.60. The number of aliphatic hydroxyl groups is 1. The Bertz CT molecular complexity index is 1190. The standard InChI is InChI=1S/C23H28ClN7O4/c1-13(29-23(34)18-20(25)31-21(26)19(24)30-18)22(33)28-10-9-27-11-15(32)12-35-17-8-4-6-14-5-2-3-7-16(14)17/h2-8,13,15,27,32H,9-12H2,1H3,(H,28,33)(H,29,34)(H4,25,26,31). The van der Waals surface area contributed by atoms with Gasteiger partial charge in [-0.3, -0.25) is 9.59 Å². The predicted octanol–water partition coefficient (Wildman–Crippen LogP) is 0.712. The Kier molecular flexibility index (Phi) is 9.01. The molecule has 1 aromatic heterocycles. The molecule has 0 aliphatic carbocycles. The number of fused-ring (bicyclic) bond motifs is 1. The van der Waals surface area contributed by atoms with Crippen molar-refractivity contribution >= 4 is 45.8 Å². The molecule has 3 rings (SSSR count). The van der Waals surface area contributed by atoms with E-state index in [0.717, 1.165) is 10.8 Å². The van der Waals surface area contributed by atoms with Gasteiger partial charge in [-0.15, -0.1) is 0 Å². The van der Waals surface area contributed by atoms with E-state index in [-0.39, 0.29) is 42.2 Å². The summed E-state index contributed by atoms with van der Waals surface area (Å²) in [4.78, 5) is 32.1. The van der Waals surface area contributed by atoms with Crippen molar-refractivity contribution in [3.8, 4) is 5.75 Å². The molecule has 0 spiro atoms. The van der Waals surface area contributed by atoms with Crippen molar-refractivity contribution in [1.29, 1.82) is 0 Å². The zero-order valence-corrected chi connectivity index (χ0v) is 19.9. The molecule has 0 aliphatic heterocycles. The number of aliphatic hydroxyl groups excluding tert-OH is 1. The smallest absolute Gasteiger partial charge is 0.274 e. The van der Waals surface area contributed by atoms with Crippen molar-refractivity contribution in [1.82, 2.24) is 25.9 Å². The molecule has 35 heavy (non-hydrogen) atoms. The van der Waals surface area contributed by atoms with Gasteiger partial charge in [0.15, 0.2) is 22.5 Å². The van der Waals surface area contributed by atoms with Crippen molar-refractivity contribution in [2.45, 2.75) is 19.1 Å². The third-order valence-corrected chi connectivity index (χ3v) is 5.30. The highest BCUT2D eigenvalue weighted by Crippen LogP contribution is 2.25. The minimum absolute atomic E-state index is 0.0933. The Morgan fingerprint density at radius 2 is 1.83 bits per heavy atom. The molecular formula is C23H28ClN7O4. The van der Waals surface area contributed by atoms with E-state index in [1.807, 2.05) is 42.5 Å². The average molecular weight is 502 g/mol. The lowest BCUT2D eigenvalue weighted by Gasteiger charge is -2.16. The maximum absolute atomic E-state index is 12.3. The number of rotatable bonds is 11. The number of nitrogen functional groups attached to an aromatic ring is 2. The monoisotopic (exact) mass is 501 g/mol. The third kappa shape index (κ3) is 7.15. The van der Waals surface area contributed by atoms with Crippen LogP contribution in [-0.2, 0) is 4.79 Å². The summed E-state index contributed by atoms with van der Waals surface area (Å²) in [6.07, 6.45) is -0.735. The summed E-state index contributed by atoms with van der Waals surface area (Å²) >= 11 is 5.78. The highest BCUT2D eigenvalue weighted by atomic mass is 35.5. The molecule has 2 atom stereocenters. The van der Waals surface area contributed by atoms with Gasteiger partial charge >= 0.3 is 0 Å². The molecular weight excluding hydrogens is 474 g/mol. The number of carbonyl (C=O) groups is 2. The van der Waals surface area contributed by atoms with Crippen LogP contribution in [0.3, 0.4) is 0 Å². The number of nitrogens with zero attached hydrogens (tertiary/aromatic N) is 2. The van der Waals surface area contributed by atoms with E-state index in [1.54, 1.807) is 0 Å². The number of ether oxygens (including phenoxy) is 1. The summed E-state index contributed by atoms with van der Waals surface area (Å²) in [5.41, 5.74) is 10.9. The number of nitrogens with one attached hydrogen (secondary N) is 3. The molecule has 0 saturated carbocycles. The van der Waals surface area contributed by atoms with Gasteiger partial charge in [-0.1, -0.05) is 48.0 Å². The number of aromatic nitrogens is 2. The van der Waals surface area contributed by atoms with E-state index in [2.05, 4.69) is 25.9 Å². The van der Waals surface area contributed by atoms with Crippen LogP contribution in [0.1, 0.15) is 17.4 Å². The number of anilines is 2. The van der Waals surface area contributed by atoms with Crippen molar-refractivity contribution in [2.24, 2.45) is 0 Å². The lowest BCUT2D eigenvalue weighted by Crippen LogP contribution is -2.47. The van der Waals surface area contributed by atoms with Crippen LogP contribution < -0.4 is 32.2 Å². The SMILES string of the molecule is CC(NC(=O)c1nc(Cl)c(N)nc1N)C(=O)NCCNCC(O)COc1cccc2ccccc12. The first-order valence-electron chi connectivity index (χ1n) is 10.9. The highest BCUT2D eigenvalue weighted by molar-refractivity contribution is 6.31. The van der Waals surface area contributed by atoms with E-state index in [0.29, 0.717) is 12.3 Å². The fourth-order valence-corrected chi connectivity index (χ4v) is 3.33. The maximum atomic E-state index is 12.3. The van der Waals surface area contributed by atoms with E-state index in [1.165, 1.54) is 6.92 Å². The van der Waals surface area contributed by atoms with Crippen molar-refractivity contribution in [2.75, 3.05) is 37.7 Å². The van der Waals surface area contributed by atoms with Gasteiger partial charge in [0.25, 0.3) is 5.91 Å². The number of benzene rings is 2. The normalized spacial score (nSPS) is 12.7. The zero-order valence-electron chi connectivity index (χ0n) is 19.1. The summed E-state index contributed by atoms with van der Waals surface area (Å²) < 4.78 is 5.77.